The molecule has 1 N–H and O–H groups in total. The lowest BCUT2D eigenvalue weighted by molar-refractivity contribution is -0.162. The van der Waals surface area contributed by atoms with Crippen LogP contribution in [0, 0.1) is 16.7 Å². The third-order valence-electron chi connectivity index (χ3n) is 8.20. The van der Waals surface area contributed by atoms with Crippen LogP contribution in [-0.2, 0) is 39.8 Å². The van der Waals surface area contributed by atoms with Gasteiger partial charge >= 0.3 is 12.4 Å². The van der Waals surface area contributed by atoms with Crippen LogP contribution < -0.4 is 0 Å². The summed E-state index contributed by atoms with van der Waals surface area (Å²) >= 11 is 0. The molecule has 4 nitrogen and oxygen atoms in total. The molecule has 1 fully saturated rings. The molecule has 206 valence electrons. The predicted octanol–water partition coefficient (Wildman–Crippen LogP) is 6.36. The summed E-state index contributed by atoms with van der Waals surface area (Å²) in [7, 11) is 0. The number of alkyl halides is 6. The molecular weight excluding hydrogens is 514 g/mol. The number of carbonyl (C=O) groups is 1. The van der Waals surface area contributed by atoms with E-state index in [2.05, 4.69) is 0 Å². The van der Waals surface area contributed by atoms with Crippen molar-refractivity contribution in [3.63, 3.8) is 0 Å². The summed E-state index contributed by atoms with van der Waals surface area (Å²) in [6, 6.07) is 11.0. The Morgan fingerprint density at radius 2 is 1.45 bits per heavy atom. The summed E-state index contributed by atoms with van der Waals surface area (Å²) in [5.74, 6) is -1.21. The molecule has 0 saturated heterocycles. The normalized spacial score (nSPS) is 29.2. The van der Waals surface area contributed by atoms with Gasteiger partial charge in [-0.1, -0.05) is 55.5 Å². The van der Waals surface area contributed by atoms with E-state index in [1.54, 1.807) is 26.0 Å². The smallest absolute Gasteiger partial charge is 0.388 e. The van der Waals surface area contributed by atoms with E-state index in [1.807, 2.05) is 30.3 Å². The predicted molar refractivity (Wildman–Crippen MR) is 126 cm³/mol. The highest BCUT2D eigenvalue weighted by Crippen LogP contribution is 2.62. The molecule has 2 aromatic carbocycles. The van der Waals surface area contributed by atoms with Crippen molar-refractivity contribution in [2.75, 3.05) is 13.2 Å². The number of ether oxygens (including phenoxy) is 2. The average Bonchev–Trinajstić information content (AvgIpc) is 3.29. The van der Waals surface area contributed by atoms with Crippen molar-refractivity contribution in [3.8, 4) is 0 Å². The van der Waals surface area contributed by atoms with E-state index in [1.165, 1.54) is 0 Å². The summed E-state index contributed by atoms with van der Waals surface area (Å²) in [6.07, 6.45) is -6.75. The third kappa shape index (κ3) is 4.67. The Morgan fingerprint density at radius 3 is 2.03 bits per heavy atom. The van der Waals surface area contributed by atoms with Crippen LogP contribution in [0.5, 0.6) is 0 Å². The van der Waals surface area contributed by atoms with Crippen LogP contribution in [0.3, 0.4) is 0 Å². The fourth-order valence-corrected chi connectivity index (χ4v) is 5.73. The summed E-state index contributed by atoms with van der Waals surface area (Å²) in [5, 5.41) is 11.7. The van der Waals surface area contributed by atoms with Crippen molar-refractivity contribution in [1.29, 1.82) is 0 Å². The summed E-state index contributed by atoms with van der Waals surface area (Å²) in [5.41, 5.74) is -7.44. The van der Waals surface area contributed by atoms with E-state index in [4.69, 9.17) is 9.47 Å². The second-order valence-corrected chi connectivity index (χ2v) is 10.4. The van der Waals surface area contributed by atoms with E-state index in [0.717, 1.165) is 5.56 Å². The molecular formula is C28H28F6O4. The molecule has 0 heterocycles. The number of hydrogen-bond acceptors (Lipinski definition) is 4. The molecule has 0 amide bonds. The molecule has 4 rings (SSSR count). The van der Waals surface area contributed by atoms with Crippen LogP contribution in [0.15, 0.2) is 60.7 Å². The fraction of sp³-hybridized carbons (Fsp3) is 0.464. The van der Waals surface area contributed by atoms with Crippen LogP contribution in [0.4, 0.5) is 26.3 Å². The minimum atomic E-state index is -5.04. The maximum atomic E-state index is 13.6. The van der Waals surface area contributed by atoms with E-state index >= 15 is 0 Å². The highest BCUT2D eigenvalue weighted by molar-refractivity contribution is 5.94. The van der Waals surface area contributed by atoms with Gasteiger partial charge in [0, 0.05) is 11.0 Å². The molecule has 38 heavy (non-hydrogen) atoms. The number of Topliss-reactive ketones (excluding diaryl/α,β-unsaturated/α-hetero) is 1. The van der Waals surface area contributed by atoms with Crippen molar-refractivity contribution in [2.45, 2.75) is 51.4 Å². The fourth-order valence-electron chi connectivity index (χ4n) is 5.73. The van der Waals surface area contributed by atoms with Crippen LogP contribution in [0.25, 0.3) is 0 Å². The first-order valence-electron chi connectivity index (χ1n) is 12.0. The zero-order valence-corrected chi connectivity index (χ0v) is 20.8. The Hall–Kier alpha value is -2.69. The number of ketones is 1. The number of hydrogen-bond donors (Lipinski definition) is 1. The standard InChI is InChI=1S/C28H28F6O4/c1-24(16-37-14-18-8-4-3-5-9-18)23(35)22-12-7-13-26(22,36)25(24,2)17-38-15-19-20(27(29,30)31)10-6-11-21(19)28(32,33)34/h3-12,22,36H,13-17H2,1-2H3/t22-,24-,25-,26+/m1/s1. The van der Waals surface area contributed by atoms with E-state index < -0.39 is 64.6 Å². The lowest BCUT2D eigenvalue weighted by atomic mass is 9.62. The minimum Gasteiger partial charge on any atom is -0.388 e. The number of rotatable bonds is 8. The second kappa shape index (κ2) is 9.81. The number of aliphatic hydroxyl groups is 1. The van der Waals surface area contributed by atoms with Crippen molar-refractivity contribution in [1.82, 2.24) is 0 Å². The zero-order valence-electron chi connectivity index (χ0n) is 20.8. The monoisotopic (exact) mass is 542 g/mol. The summed E-state index contributed by atoms with van der Waals surface area (Å²) in [4.78, 5) is 13.5. The Bertz CT molecular complexity index is 1180. The topological polar surface area (TPSA) is 55.8 Å². The maximum Gasteiger partial charge on any atom is 0.416 e. The van der Waals surface area contributed by atoms with Gasteiger partial charge in [-0.05, 0) is 31.0 Å². The maximum absolute atomic E-state index is 13.6. The van der Waals surface area contributed by atoms with Gasteiger partial charge < -0.3 is 14.6 Å². The van der Waals surface area contributed by atoms with Crippen LogP contribution >= 0.6 is 0 Å². The molecule has 2 aliphatic rings. The SMILES string of the molecule is C[C@@]1(COCc2c(C(F)(F)F)cccc2C(F)(F)F)[C@](C)(COCc2ccccc2)C(=O)[C@H]2C=CC[C@]21O. The van der Waals surface area contributed by atoms with Gasteiger partial charge in [0.15, 0.2) is 5.78 Å². The largest absolute Gasteiger partial charge is 0.416 e. The van der Waals surface area contributed by atoms with Gasteiger partial charge in [-0.25, -0.2) is 0 Å². The first-order valence-corrected chi connectivity index (χ1v) is 12.0. The highest BCUT2D eigenvalue weighted by atomic mass is 19.4. The number of halogens is 6. The molecule has 0 radical (unpaired) electrons. The molecule has 0 aromatic heterocycles. The van der Waals surface area contributed by atoms with Crippen molar-refractivity contribution < 1.29 is 45.7 Å². The van der Waals surface area contributed by atoms with Gasteiger partial charge in [0.05, 0.1) is 54.5 Å². The van der Waals surface area contributed by atoms with Crippen molar-refractivity contribution >= 4 is 5.78 Å². The molecule has 0 unspecified atom stereocenters. The van der Waals surface area contributed by atoms with Gasteiger partial charge in [0.1, 0.15) is 0 Å². The lowest BCUT2D eigenvalue weighted by Gasteiger charge is -2.46. The number of fused-ring (bicyclic) bond motifs is 1. The number of benzene rings is 2. The minimum absolute atomic E-state index is 0.0878. The first kappa shape index (κ1) is 28.3. The third-order valence-corrected chi connectivity index (χ3v) is 8.20. The van der Waals surface area contributed by atoms with Crippen LogP contribution in [-0.4, -0.2) is 29.7 Å². The van der Waals surface area contributed by atoms with E-state index in [0.29, 0.717) is 18.2 Å². The van der Waals surface area contributed by atoms with Crippen LogP contribution in [0.2, 0.25) is 0 Å². The van der Waals surface area contributed by atoms with Crippen molar-refractivity contribution in [2.24, 2.45) is 16.7 Å². The van der Waals surface area contributed by atoms with E-state index in [-0.39, 0.29) is 25.4 Å². The van der Waals surface area contributed by atoms with Gasteiger partial charge in [-0.15, -0.1) is 0 Å². The highest BCUT2D eigenvalue weighted by Gasteiger charge is 2.72. The molecule has 0 spiro atoms. The average molecular weight is 543 g/mol. The Morgan fingerprint density at radius 1 is 0.868 bits per heavy atom. The molecule has 2 aromatic rings. The Balaban J connectivity index is 1.61. The zero-order chi connectivity index (χ0) is 28.0. The summed E-state index contributed by atoms with van der Waals surface area (Å²) < 4.78 is 92.9. The molecule has 0 bridgehead atoms. The molecule has 1 saturated carbocycles. The van der Waals surface area contributed by atoms with Crippen LogP contribution in [0.1, 0.15) is 42.5 Å². The molecule has 0 aliphatic heterocycles. The quantitative estimate of drug-likeness (QED) is 0.312. The number of carbonyl (C=O) groups excluding carboxylic acids is 1. The molecule has 4 atom stereocenters. The van der Waals surface area contributed by atoms with Gasteiger partial charge in [-0.3, -0.25) is 4.79 Å². The van der Waals surface area contributed by atoms with Crippen molar-refractivity contribution in [3.05, 3.63) is 82.9 Å². The van der Waals surface area contributed by atoms with Gasteiger partial charge in [0.25, 0.3) is 0 Å². The first-order chi connectivity index (χ1) is 17.7. The summed E-state index contributed by atoms with van der Waals surface area (Å²) in [6.45, 7) is 1.74. The van der Waals surface area contributed by atoms with E-state index in [9.17, 15) is 36.2 Å². The van der Waals surface area contributed by atoms with Gasteiger partial charge in [0.2, 0.25) is 0 Å². The Labute approximate surface area is 216 Å². The molecule has 10 heteroatoms. The lowest BCUT2D eigenvalue weighted by Crippen LogP contribution is -2.54. The molecule has 2 aliphatic carbocycles. The van der Waals surface area contributed by atoms with Gasteiger partial charge in [-0.2, -0.15) is 26.3 Å². The second-order valence-electron chi connectivity index (χ2n) is 10.4. The Kier molecular flexibility index (Phi) is 7.31.